The normalized spacial score (nSPS) is 11.2. The molecule has 0 radical (unpaired) electrons. The fraction of sp³-hybridized carbons (Fsp3) is 0.227. The van der Waals surface area contributed by atoms with Crippen LogP contribution in [0.15, 0.2) is 53.9 Å². The van der Waals surface area contributed by atoms with E-state index >= 15 is 0 Å². The van der Waals surface area contributed by atoms with Gasteiger partial charge in [-0.2, -0.15) is 13.2 Å². The van der Waals surface area contributed by atoms with E-state index in [1.54, 1.807) is 29.6 Å². The highest BCUT2D eigenvalue weighted by Crippen LogP contribution is 2.34. The Hall–Kier alpha value is -3.44. The van der Waals surface area contributed by atoms with Crippen molar-refractivity contribution in [3.05, 3.63) is 76.3 Å². The number of amides is 2. The van der Waals surface area contributed by atoms with Crippen molar-refractivity contribution in [2.24, 2.45) is 0 Å². The summed E-state index contributed by atoms with van der Waals surface area (Å²) in [7, 11) is 0. The van der Waals surface area contributed by atoms with Crippen LogP contribution in [0.25, 0.3) is 0 Å². The zero-order valence-electron chi connectivity index (χ0n) is 17.3. The number of para-hydroxylation sites is 1. The minimum atomic E-state index is -4.45. The van der Waals surface area contributed by atoms with Gasteiger partial charge in [-0.3, -0.25) is 14.9 Å². The van der Waals surface area contributed by atoms with E-state index in [2.05, 4.69) is 20.9 Å². The molecule has 174 valence electrons. The predicted octanol–water partition coefficient (Wildman–Crippen LogP) is 3.68. The van der Waals surface area contributed by atoms with E-state index in [-0.39, 0.29) is 37.7 Å². The van der Waals surface area contributed by atoms with Crippen molar-refractivity contribution in [2.45, 2.75) is 19.1 Å². The highest BCUT2D eigenvalue weighted by Gasteiger charge is 2.33. The van der Waals surface area contributed by atoms with Gasteiger partial charge in [0.25, 0.3) is 5.91 Å². The van der Waals surface area contributed by atoms with E-state index in [0.717, 1.165) is 6.07 Å². The SMILES string of the molecule is O=C(Cc1csc(NC(=O)c2ccc(CNc3ccccc3C(F)(F)F)cc2)n1)NCCO. The minimum Gasteiger partial charge on any atom is -0.395 e. The van der Waals surface area contributed by atoms with Gasteiger partial charge in [0.15, 0.2) is 5.13 Å². The van der Waals surface area contributed by atoms with Crippen LogP contribution in [0.4, 0.5) is 24.0 Å². The number of benzene rings is 2. The summed E-state index contributed by atoms with van der Waals surface area (Å²) in [6, 6.07) is 11.7. The van der Waals surface area contributed by atoms with Crippen molar-refractivity contribution >= 4 is 34.0 Å². The Kier molecular flexibility index (Phi) is 8.01. The lowest BCUT2D eigenvalue weighted by Gasteiger charge is -2.14. The van der Waals surface area contributed by atoms with Gasteiger partial charge >= 0.3 is 6.18 Å². The third-order valence-corrected chi connectivity index (χ3v) is 5.29. The first-order chi connectivity index (χ1) is 15.8. The number of rotatable bonds is 9. The fourth-order valence-electron chi connectivity index (χ4n) is 2.89. The van der Waals surface area contributed by atoms with Gasteiger partial charge in [0.1, 0.15) is 0 Å². The first kappa shape index (κ1) is 24.2. The van der Waals surface area contributed by atoms with Crippen LogP contribution in [-0.4, -0.2) is 35.1 Å². The van der Waals surface area contributed by atoms with E-state index in [1.807, 2.05) is 0 Å². The van der Waals surface area contributed by atoms with Crippen LogP contribution in [0.3, 0.4) is 0 Å². The van der Waals surface area contributed by atoms with Crippen LogP contribution >= 0.6 is 11.3 Å². The van der Waals surface area contributed by atoms with E-state index in [0.29, 0.717) is 22.0 Å². The van der Waals surface area contributed by atoms with Crippen molar-refractivity contribution < 1.29 is 27.9 Å². The number of carbonyl (C=O) groups is 2. The van der Waals surface area contributed by atoms with Crippen LogP contribution in [0.2, 0.25) is 0 Å². The standard InChI is InChI=1S/C22H21F3N4O3S/c23-22(24,25)17-3-1-2-4-18(17)27-12-14-5-7-15(8-6-14)20(32)29-21-28-16(13-33-21)11-19(31)26-9-10-30/h1-8,13,27,30H,9-12H2,(H,26,31)(H,28,29,32). The Morgan fingerprint density at radius 3 is 2.48 bits per heavy atom. The number of carbonyl (C=O) groups excluding carboxylic acids is 2. The van der Waals surface area contributed by atoms with Gasteiger partial charge in [-0.15, -0.1) is 11.3 Å². The number of nitrogens with one attached hydrogen (secondary N) is 3. The Labute approximate surface area is 191 Å². The zero-order chi connectivity index (χ0) is 23.8. The second-order valence-corrected chi connectivity index (χ2v) is 7.80. The summed E-state index contributed by atoms with van der Waals surface area (Å²) in [5.74, 6) is -0.683. The Morgan fingerprint density at radius 2 is 1.79 bits per heavy atom. The monoisotopic (exact) mass is 478 g/mol. The number of anilines is 2. The molecule has 11 heteroatoms. The molecule has 2 aromatic carbocycles. The molecule has 4 N–H and O–H groups in total. The highest BCUT2D eigenvalue weighted by molar-refractivity contribution is 7.14. The molecule has 0 bridgehead atoms. The maximum absolute atomic E-state index is 13.1. The lowest BCUT2D eigenvalue weighted by Crippen LogP contribution is -2.27. The smallest absolute Gasteiger partial charge is 0.395 e. The molecular formula is C22H21F3N4O3S. The number of aliphatic hydroxyl groups is 1. The number of hydrogen-bond acceptors (Lipinski definition) is 6. The van der Waals surface area contributed by atoms with Gasteiger partial charge in [0.05, 0.1) is 24.3 Å². The summed E-state index contributed by atoms with van der Waals surface area (Å²) >= 11 is 1.18. The van der Waals surface area contributed by atoms with Crippen LogP contribution < -0.4 is 16.0 Å². The number of hydrogen-bond donors (Lipinski definition) is 4. The molecule has 0 spiro atoms. The fourth-order valence-corrected chi connectivity index (χ4v) is 3.60. The third-order valence-electron chi connectivity index (χ3n) is 4.48. The maximum Gasteiger partial charge on any atom is 0.418 e. The van der Waals surface area contributed by atoms with Gasteiger partial charge in [0.2, 0.25) is 5.91 Å². The van der Waals surface area contributed by atoms with Gasteiger partial charge in [-0.25, -0.2) is 4.98 Å². The van der Waals surface area contributed by atoms with Crippen molar-refractivity contribution in [3.63, 3.8) is 0 Å². The molecule has 0 fully saturated rings. The molecule has 1 heterocycles. The average molecular weight is 478 g/mol. The summed E-state index contributed by atoms with van der Waals surface area (Å²) in [6.07, 6.45) is -4.42. The van der Waals surface area contributed by atoms with Crippen LogP contribution in [-0.2, 0) is 23.9 Å². The molecule has 0 unspecified atom stereocenters. The van der Waals surface area contributed by atoms with Gasteiger partial charge in [-0.05, 0) is 29.8 Å². The van der Waals surface area contributed by atoms with Gasteiger partial charge in [0, 0.05) is 29.7 Å². The predicted molar refractivity (Wildman–Crippen MR) is 119 cm³/mol. The first-order valence-corrected chi connectivity index (χ1v) is 10.8. The third kappa shape index (κ3) is 7.02. The number of aromatic nitrogens is 1. The topological polar surface area (TPSA) is 103 Å². The molecule has 0 aliphatic rings. The number of alkyl halides is 3. The van der Waals surface area contributed by atoms with E-state index < -0.39 is 17.6 Å². The molecule has 0 saturated carbocycles. The quantitative estimate of drug-likeness (QED) is 0.376. The lowest BCUT2D eigenvalue weighted by molar-refractivity contribution is -0.137. The summed E-state index contributed by atoms with van der Waals surface area (Å²) in [6.45, 7) is 0.163. The summed E-state index contributed by atoms with van der Waals surface area (Å²) in [4.78, 5) is 28.3. The van der Waals surface area contributed by atoms with Crippen LogP contribution in [0, 0.1) is 0 Å². The number of halogens is 3. The van der Waals surface area contributed by atoms with E-state index in [9.17, 15) is 22.8 Å². The van der Waals surface area contributed by atoms with Crippen molar-refractivity contribution in [1.82, 2.24) is 10.3 Å². The molecular weight excluding hydrogens is 457 g/mol. The second-order valence-electron chi connectivity index (χ2n) is 6.94. The Bertz CT molecular complexity index is 1100. The molecule has 33 heavy (non-hydrogen) atoms. The number of thiazole rings is 1. The molecule has 3 aromatic rings. The van der Waals surface area contributed by atoms with Crippen LogP contribution in [0.5, 0.6) is 0 Å². The zero-order valence-corrected chi connectivity index (χ0v) is 18.1. The minimum absolute atomic E-state index is 0.0172. The molecule has 0 aliphatic carbocycles. The maximum atomic E-state index is 13.1. The summed E-state index contributed by atoms with van der Waals surface area (Å²) in [5.41, 5.74) is 0.790. The molecule has 3 rings (SSSR count). The largest absolute Gasteiger partial charge is 0.418 e. The summed E-state index contributed by atoms with van der Waals surface area (Å²) < 4.78 is 39.3. The molecule has 0 atom stereocenters. The van der Waals surface area contributed by atoms with E-state index in [1.165, 1.54) is 29.5 Å². The molecule has 2 amide bonds. The van der Waals surface area contributed by atoms with E-state index in [4.69, 9.17) is 5.11 Å². The average Bonchev–Trinajstić information content (AvgIpc) is 3.22. The van der Waals surface area contributed by atoms with Crippen molar-refractivity contribution in [1.29, 1.82) is 0 Å². The number of nitrogens with zero attached hydrogens (tertiary/aromatic N) is 1. The van der Waals surface area contributed by atoms with Crippen molar-refractivity contribution in [3.8, 4) is 0 Å². The number of aliphatic hydroxyl groups excluding tert-OH is 1. The van der Waals surface area contributed by atoms with Crippen LogP contribution in [0.1, 0.15) is 27.2 Å². The first-order valence-electron chi connectivity index (χ1n) is 9.88. The lowest BCUT2D eigenvalue weighted by atomic mass is 10.1. The molecule has 1 aromatic heterocycles. The second kappa shape index (κ2) is 10.9. The van der Waals surface area contributed by atoms with Crippen molar-refractivity contribution in [2.75, 3.05) is 23.8 Å². The molecule has 0 saturated heterocycles. The van der Waals surface area contributed by atoms with Gasteiger partial charge in [-0.1, -0.05) is 24.3 Å². The highest BCUT2D eigenvalue weighted by atomic mass is 32.1. The molecule has 0 aliphatic heterocycles. The Morgan fingerprint density at radius 1 is 1.06 bits per heavy atom. The Balaban J connectivity index is 1.55. The molecule has 7 nitrogen and oxygen atoms in total. The van der Waals surface area contributed by atoms with Gasteiger partial charge < -0.3 is 15.7 Å². The summed E-state index contributed by atoms with van der Waals surface area (Å²) in [5, 5.41) is 18.7.